The summed E-state index contributed by atoms with van der Waals surface area (Å²) in [4.78, 5) is 28.7. The van der Waals surface area contributed by atoms with E-state index < -0.39 is 27.9 Å². The second kappa shape index (κ2) is 9.95. The molecule has 6 rings (SSSR count). The van der Waals surface area contributed by atoms with E-state index in [4.69, 9.17) is 4.74 Å². The zero-order valence-electron chi connectivity index (χ0n) is 21.1. The first-order valence-electron chi connectivity index (χ1n) is 12.3. The minimum atomic E-state index is -4.80. The van der Waals surface area contributed by atoms with Gasteiger partial charge in [-0.1, -0.05) is 6.07 Å². The number of nitrogens with one attached hydrogen (secondary N) is 2. The fourth-order valence-electron chi connectivity index (χ4n) is 4.01. The number of ether oxygens (including phenoxy) is 1. The lowest BCUT2D eigenvalue weighted by Crippen LogP contribution is -2.30. The molecule has 1 aliphatic rings. The lowest BCUT2D eigenvalue weighted by molar-refractivity contribution is -0.144. The Morgan fingerprint density at radius 1 is 1.15 bits per heavy atom. The summed E-state index contributed by atoms with van der Waals surface area (Å²) in [5.74, 6) is -1.76. The van der Waals surface area contributed by atoms with Crippen LogP contribution in [-0.2, 0) is 16.2 Å². The van der Waals surface area contributed by atoms with Crippen molar-refractivity contribution in [1.29, 1.82) is 0 Å². The number of carbonyl (C=O) groups is 1. The van der Waals surface area contributed by atoms with Crippen LogP contribution in [0, 0.1) is 0 Å². The molecule has 0 bridgehead atoms. The number of sulfonamides is 1. The van der Waals surface area contributed by atoms with E-state index in [2.05, 4.69) is 25.3 Å². The molecule has 0 unspecified atom stereocenters. The van der Waals surface area contributed by atoms with Crippen LogP contribution in [0.15, 0.2) is 53.1 Å². The van der Waals surface area contributed by atoms with Gasteiger partial charge in [0.15, 0.2) is 17.0 Å². The van der Waals surface area contributed by atoms with E-state index in [0.717, 1.165) is 24.2 Å². The van der Waals surface area contributed by atoms with Gasteiger partial charge in [0, 0.05) is 17.3 Å². The predicted molar refractivity (Wildman–Crippen MR) is 144 cm³/mol. The molecule has 16 heteroatoms. The minimum absolute atomic E-state index is 0.00968. The van der Waals surface area contributed by atoms with Crippen molar-refractivity contribution in [2.75, 3.05) is 11.9 Å². The third-order valence-corrected chi connectivity index (χ3v) is 8.79. The lowest BCUT2D eigenvalue weighted by atomic mass is 10.2. The largest absolute Gasteiger partial charge is 0.494 e. The summed E-state index contributed by atoms with van der Waals surface area (Å²) in [6.07, 6.45) is -1.93. The predicted octanol–water partition coefficient (Wildman–Crippen LogP) is 4.54. The number of hydrogen-bond donors (Lipinski definition) is 2. The highest BCUT2D eigenvalue weighted by molar-refractivity contribution is 7.92. The summed E-state index contributed by atoms with van der Waals surface area (Å²) in [6, 6.07) is 10.6. The first-order valence-corrected chi connectivity index (χ1v) is 14.6. The molecule has 0 saturated heterocycles. The molecule has 1 saturated carbocycles. The number of halogens is 3. The number of anilines is 1. The Bertz CT molecular complexity index is 1920. The van der Waals surface area contributed by atoms with Crippen molar-refractivity contribution in [2.45, 2.75) is 36.3 Å². The fourth-order valence-corrected chi connectivity index (χ4v) is 6.24. The van der Waals surface area contributed by atoms with Gasteiger partial charge in [-0.25, -0.2) is 24.7 Å². The topological polar surface area (TPSA) is 141 Å². The van der Waals surface area contributed by atoms with Crippen LogP contribution in [0.1, 0.15) is 35.9 Å². The van der Waals surface area contributed by atoms with Crippen LogP contribution in [0.5, 0.6) is 5.75 Å². The van der Waals surface area contributed by atoms with Gasteiger partial charge in [-0.05, 0) is 56.2 Å². The molecule has 3 heterocycles. The summed E-state index contributed by atoms with van der Waals surface area (Å²) >= 11 is 0.879. The molecule has 1 amide bonds. The number of fused-ring (bicyclic) bond motifs is 2. The van der Waals surface area contributed by atoms with Gasteiger partial charge in [0.1, 0.15) is 12.1 Å². The molecule has 1 aliphatic carbocycles. The number of thiazole rings is 1. The number of imidazole rings is 1. The molecule has 2 aromatic carbocycles. The van der Waals surface area contributed by atoms with Crippen molar-refractivity contribution < 1.29 is 31.1 Å². The lowest BCUT2D eigenvalue weighted by Gasteiger charge is -2.11. The first-order chi connectivity index (χ1) is 19.5. The number of carbonyl (C=O) groups excluding carboxylic acids is 1. The summed E-state index contributed by atoms with van der Waals surface area (Å²) in [6.45, 7) is 2.26. The normalized spacial score (nSPS) is 14.0. The van der Waals surface area contributed by atoms with Crippen molar-refractivity contribution >= 4 is 54.5 Å². The van der Waals surface area contributed by atoms with Crippen LogP contribution in [0.25, 0.3) is 27.1 Å². The molecule has 11 nitrogen and oxygen atoms in total. The Hall–Kier alpha value is -4.31. The molecular weight excluding hydrogens is 583 g/mol. The second-order valence-electron chi connectivity index (χ2n) is 9.13. The maximum absolute atomic E-state index is 13.6. The van der Waals surface area contributed by atoms with E-state index in [0.29, 0.717) is 22.6 Å². The molecule has 5 aromatic rings. The van der Waals surface area contributed by atoms with Gasteiger partial charge in [0.05, 0.1) is 16.8 Å². The number of benzene rings is 2. The smallest absolute Gasteiger partial charge is 0.451 e. The Morgan fingerprint density at radius 3 is 2.68 bits per heavy atom. The molecule has 3 aromatic heterocycles. The van der Waals surface area contributed by atoms with E-state index in [1.807, 2.05) is 11.6 Å². The van der Waals surface area contributed by atoms with Crippen LogP contribution < -0.4 is 14.8 Å². The van der Waals surface area contributed by atoms with E-state index in [9.17, 15) is 26.4 Å². The Kier molecular flexibility index (Phi) is 6.53. The standard InChI is InChI=1S/C25H20F3N7O4S2/c1-2-39-16-8-9-17-18(11-16)40-24(31-17)41(37,38)34-22(36)13-4-3-5-15(10-13)35-12-29-19-20(30-14-6-7-14)32-23(25(26,27)28)33-21(19)35/h3-5,8-12,14H,2,6-7H2,1H3,(H,34,36)(H,30,32,33). The van der Waals surface area contributed by atoms with Gasteiger partial charge in [0.2, 0.25) is 10.2 Å². The van der Waals surface area contributed by atoms with Crippen molar-refractivity contribution in [3.8, 4) is 11.4 Å². The Labute approximate surface area is 234 Å². The van der Waals surface area contributed by atoms with Crippen molar-refractivity contribution in [1.82, 2.24) is 29.2 Å². The van der Waals surface area contributed by atoms with E-state index >= 15 is 0 Å². The average Bonchev–Trinajstić information content (AvgIpc) is 3.45. The summed E-state index contributed by atoms with van der Waals surface area (Å²) < 4.78 is 75.7. The molecule has 1 fully saturated rings. The number of rotatable bonds is 8. The van der Waals surface area contributed by atoms with Crippen molar-refractivity contribution in [3.63, 3.8) is 0 Å². The Balaban J connectivity index is 1.31. The third-order valence-electron chi connectivity index (χ3n) is 6.06. The second-order valence-corrected chi connectivity index (χ2v) is 12.0. The molecule has 0 radical (unpaired) electrons. The van der Waals surface area contributed by atoms with Crippen molar-refractivity contribution in [2.24, 2.45) is 0 Å². The molecule has 0 atom stereocenters. The van der Waals surface area contributed by atoms with Gasteiger partial charge in [-0.15, -0.1) is 11.3 Å². The van der Waals surface area contributed by atoms with E-state index in [1.54, 1.807) is 18.2 Å². The number of hydrogen-bond acceptors (Lipinski definition) is 10. The average molecular weight is 604 g/mol. The molecule has 212 valence electrons. The van der Waals surface area contributed by atoms with Crippen LogP contribution in [0.3, 0.4) is 0 Å². The molecular formula is C25H20F3N7O4S2. The zero-order valence-corrected chi connectivity index (χ0v) is 22.8. The van der Waals surface area contributed by atoms with Crippen LogP contribution >= 0.6 is 11.3 Å². The zero-order chi connectivity index (χ0) is 28.9. The fraction of sp³-hybridized carbons (Fsp3) is 0.240. The molecule has 2 N–H and O–H groups in total. The molecule has 0 spiro atoms. The van der Waals surface area contributed by atoms with Crippen LogP contribution in [-0.4, -0.2) is 51.5 Å². The van der Waals surface area contributed by atoms with Gasteiger partial charge in [0.25, 0.3) is 15.9 Å². The van der Waals surface area contributed by atoms with E-state index in [-0.39, 0.29) is 38.6 Å². The third kappa shape index (κ3) is 5.39. The summed E-state index contributed by atoms with van der Waals surface area (Å²) in [5.41, 5.74) is 0.613. The van der Waals surface area contributed by atoms with Crippen molar-refractivity contribution in [3.05, 3.63) is 60.2 Å². The van der Waals surface area contributed by atoms with Gasteiger partial charge >= 0.3 is 6.18 Å². The number of aromatic nitrogens is 5. The van der Waals surface area contributed by atoms with Crippen LogP contribution in [0.2, 0.25) is 0 Å². The maximum Gasteiger partial charge on any atom is 0.451 e. The first kappa shape index (κ1) is 26.9. The highest BCUT2D eigenvalue weighted by Gasteiger charge is 2.37. The summed E-state index contributed by atoms with van der Waals surface area (Å²) in [5, 5.41) is 2.96. The Morgan fingerprint density at radius 2 is 1.95 bits per heavy atom. The number of amides is 1. The summed E-state index contributed by atoms with van der Waals surface area (Å²) in [7, 11) is -4.34. The highest BCUT2D eigenvalue weighted by atomic mass is 32.2. The van der Waals surface area contributed by atoms with Gasteiger partial charge < -0.3 is 10.1 Å². The monoisotopic (exact) mass is 603 g/mol. The quantitative estimate of drug-likeness (QED) is 0.262. The maximum atomic E-state index is 13.6. The number of alkyl halides is 3. The SMILES string of the molecule is CCOc1ccc2nc(S(=O)(=O)NC(=O)c3cccc(-n4cnc5c(NC6CC6)nc(C(F)(F)F)nc54)c3)sc2c1. The number of nitrogens with zero attached hydrogens (tertiary/aromatic N) is 5. The van der Waals surface area contributed by atoms with Gasteiger partial charge in [-0.3, -0.25) is 9.36 Å². The van der Waals surface area contributed by atoms with E-state index in [1.165, 1.54) is 35.2 Å². The minimum Gasteiger partial charge on any atom is -0.494 e. The van der Waals surface area contributed by atoms with Gasteiger partial charge in [-0.2, -0.15) is 21.6 Å². The molecule has 0 aliphatic heterocycles. The van der Waals surface area contributed by atoms with Crippen LogP contribution in [0.4, 0.5) is 19.0 Å². The highest BCUT2D eigenvalue weighted by Crippen LogP contribution is 2.33. The molecule has 41 heavy (non-hydrogen) atoms.